The zero-order chi connectivity index (χ0) is 22.1. The van der Waals surface area contributed by atoms with Crippen molar-refractivity contribution >= 4 is 33.4 Å². The van der Waals surface area contributed by atoms with Crippen LogP contribution in [0.25, 0.3) is 0 Å². The van der Waals surface area contributed by atoms with Crippen molar-refractivity contribution in [2.24, 2.45) is 5.92 Å². The third-order valence-corrected chi connectivity index (χ3v) is 6.90. The second-order valence-corrected chi connectivity index (χ2v) is 10.6. The van der Waals surface area contributed by atoms with Gasteiger partial charge in [0.05, 0.1) is 10.6 Å². The van der Waals surface area contributed by atoms with E-state index in [4.69, 9.17) is 9.84 Å². The second kappa shape index (κ2) is 8.53. The number of carboxylic acid groups (broad SMARTS) is 1. The minimum atomic E-state index is -3.88. The molecule has 1 heterocycles. The van der Waals surface area contributed by atoms with Crippen molar-refractivity contribution in [3.05, 3.63) is 24.2 Å². The van der Waals surface area contributed by atoms with E-state index < -0.39 is 21.8 Å². The van der Waals surface area contributed by atoms with Gasteiger partial charge >= 0.3 is 5.97 Å². The number of fused-ring (bicyclic) bond motifs is 1. The average Bonchev–Trinajstić information content (AvgIpc) is 2.72. The Morgan fingerprint density at radius 3 is 2.52 bits per heavy atom. The van der Waals surface area contributed by atoms with Crippen molar-refractivity contribution in [2.45, 2.75) is 56.0 Å². The SMILES string of the molecule is CSc1cc2c(cc1O/C=C(\F)C(=O)O)S(=O)(=O)N[C@H](C(C)C)CN2C(C)(C)C. The predicted molar refractivity (Wildman–Crippen MR) is 112 cm³/mol. The molecule has 0 fully saturated rings. The molecule has 10 heteroatoms. The molecule has 0 aromatic heterocycles. The Bertz CT molecular complexity index is 923. The number of ether oxygens (including phenoxy) is 1. The second-order valence-electron chi connectivity index (χ2n) is 8.11. The fourth-order valence-electron chi connectivity index (χ4n) is 2.95. The third-order valence-electron chi connectivity index (χ3n) is 4.62. The van der Waals surface area contributed by atoms with E-state index >= 15 is 0 Å². The molecule has 0 spiro atoms. The van der Waals surface area contributed by atoms with Gasteiger partial charge in [-0.15, -0.1) is 11.8 Å². The summed E-state index contributed by atoms with van der Waals surface area (Å²) in [6.45, 7) is 10.4. The van der Waals surface area contributed by atoms with Crippen LogP contribution in [-0.2, 0) is 14.8 Å². The van der Waals surface area contributed by atoms with Crippen LogP contribution in [0.4, 0.5) is 10.1 Å². The summed E-state index contributed by atoms with van der Waals surface area (Å²) in [6, 6.07) is 2.70. The molecular formula is C19H27FN2O5S2. The number of anilines is 1. The number of benzene rings is 1. The van der Waals surface area contributed by atoms with Crippen molar-refractivity contribution in [3.63, 3.8) is 0 Å². The van der Waals surface area contributed by atoms with E-state index in [9.17, 15) is 17.6 Å². The summed E-state index contributed by atoms with van der Waals surface area (Å²) in [4.78, 5) is 13.3. The van der Waals surface area contributed by atoms with Crippen LogP contribution in [0.2, 0.25) is 0 Å². The maximum atomic E-state index is 13.4. The van der Waals surface area contributed by atoms with Crippen molar-refractivity contribution in [2.75, 3.05) is 17.7 Å². The van der Waals surface area contributed by atoms with Crippen molar-refractivity contribution in [1.29, 1.82) is 0 Å². The van der Waals surface area contributed by atoms with Crippen molar-refractivity contribution < 1.29 is 27.4 Å². The number of carboxylic acids is 1. The van der Waals surface area contributed by atoms with E-state index in [0.717, 1.165) is 0 Å². The number of aliphatic carboxylic acids is 1. The van der Waals surface area contributed by atoms with E-state index in [-0.39, 0.29) is 28.1 Å². The fourth-order valence-corrected chi connectivity index (χ4v) is 5.07. The van der Waals surface area contributed by atoms with Gasteiger partial charge in [-0.05, 0) is 39.0 Å². The maximum Gasteiger partial charge on any atom is 0.368 e. The molecule has 29 heavy (non-hydrogen) atoms. The summed E-state index contributed by atoms with van der Waals surface area (Å²) in [6.07, 6.45) is 2.23. The number of hydrogen-bond donors (Lipinski definition) is 2. The normalized spacial score (nSPS) is 19.7. The predicted octanol–water partition coefficient (Wildman–Crippen LogP) is 3.60. The maximum absolute atomic E-state index is 13.4. The average molecular weight is 447 g/mol. The van der Waals surface area contributed by atoms with Gasteiger partial charge in [0, 0.05) is 24.2 Å². The van der Waals surface area contributed by atoms with Gasteiger partial charge in [-0.3, -0.25) is 0 Å². The van der Waals surface area contributed by atoms with Crippen LogP contribution in [0, 0.1) is 5.92 Å². The molecule has 1 aliphatic rings. The Hall–Kier alpha value is -1.78. The molecule has 0 amide bonds. The van der Waals surface area contributed by atoms with Gasteiger partial charge in [-0.2, -0.15) is 4.39 Å². The zero-order valence-corrected chi connectivity index (χ0v) is 18.9. The fraction of sp³-hybridized carbons (Fsp3) is 0.526. The monoisotopic (exact) mass is 446 g/mol. The smallest absolute Gasteiger partial charge is 0.368 e. The first-order valence-electron chi connectivity index (χ1n) is 9.05. The van der Waals surface area contributed by atoms with Crippen molar-refractivity contribution in [1.82, 2.24) is 4.72 Å². The molecule has 0 radical (unpaired) electrons. The quantitative estimate of drug-likeness (QED) is 0.405. The summed E-state index contributed by atoms with van der Waals surface area (Å²) in [7, 11) is -3.88. The van der Waals surface area contributed by atoms with Crippen molar-refractivity contribution in [3.8, 4) is 5.75 Å². The van der Waals surface area contributed by atoms with Gasteiger partial charge in [-0.25, -0.2) is 17.9 Å². The van der Waals surface area contributed by atoms with E-state index in [1.165, 1.54) is 17.8 Å². The Balaban J connectivity index is 2.70. The summed E-state index contributed by atoms with van der Waals surface area (Å²) >= 11 is 1.29. The molecule has 1 atom stereocenters. The summed E-state index contributed by atoms with van der Waals surface area (Å²) in [5.74, 6) is -3.12. The first kappa shape index (κ1) is 23.5. The lowest BCUT2D eigenvalue weighted by molar-refractivity contribution is -0.134. The van der Waals surface area contributed by atoms with Crippen LogP contribution in [0.5, 0.6) is 5.75 Å². The minimum Gasteiger partial charge on any atom is -0.476 e. The Morgan fingerprint density at radius 1 is 1.41 bits per heavy atom. The Kier molecular flexibility index (Phi) is 6.91. The van der Waals surface area contributed by atoms with Gasteiger partial charge in [0.1, 0.15) is 16.9 Å². The van der Waals surface area contributed by atoms with E-state index in [1.54, 1.807) is 12.3 Å². The standard InChI is InChI=1S/C19H27FN2O5S2/c1-11(2)13-9-22(19(3,4)5)14-7-16(28-6)15(27-10-12(20)18(23)24)8-17(14)29(25,26)21-13/h7-8,10-11,13,21H,9H2,1-6H3,(H,23,24)/b12-10-/t13-/m0/s1. The number of hydrogen-bond acceptors (Lipinski definition) is 6. The number of carbonyl (C=O) groups is 1. The van der Waals surface area contributed by atoms with Crippen LogP contribution < -0.4 is 14.4 Å². The van der Waals surface area contributed by atoms with Gasteiger partial charge in [0.15, 0.2) is 0 Å². The van der Waals surface area contributed by atoms with Gasteiger partial charge in [0.2, 0.25) is 15.9 Å². The number of nitrogens with zero attached hydrogens (tertiary/aromatic N) is 1. The number of sulfonamides is 1. The molecule has 0 unspecified atom stereocenters. The Morgan fingerprint density at radius 2 is 2.03 bits per heavy atom. The van der Waals surface area contributed by atoms with E-state index in [1.807, 2.05) is 39.5 Å². The zero-order valence-electron chi connectivity index (χ0n) is 17.3. The molecule has 2 rings (SSSR count). The highest BCUT2D eigenvalue weighted by Gasteiger charge is 2.37. The van der Waals surface area contributed by atoms with Crippen LogP contribution >= 0.6 is 11.8 Å². The number of nitrogens with one attached hydrogen (secondary N) is 1. The minimum absolute atomic E-state index is 0.00695. The molecular weight excluding hydrogens is 419 g/mol. The highest BCUT2D eigenvalue weighted by Crippen LogP contribution is 2.41. The highest BCUT2D eigenvalue weighted by molar-refractivity contribution is 7.98. The lowest BCUT2D eigenvalue weighted by Crippen LogP contribution is -2.50. The molecule has 162 valence electrons. The third kappa shape index (κ3) is 5.23. The molecule has 2 N–H and O–H groups in total. The number of thioether (sulfide) groups is 1. The van der Waals surface area contributed by atoms with Crippen LogP contribution in [0.15, 0.2) is 34.0 Å². The van der Waals surface area contributed by atoms with Gasteiger partial charge in [-0.1, -0.05) is 13.8 Å². The molecule has 1 aromatic rings. The summed E-state index contributed by atoms with van der Waals surface area (Å²) in [5, 5.41) is 8.66. The van der Waals surface area contributed by atoms with E-state index in [2.05, 4.69) is 4.72 Å². The lowest BCUT2D eigenvalue weighted by Gasteiger charge is -2.39. The number of halogens is 1. The van der Waals surface area contributed by atoms with E-state index in [0.29, 0.717) is 23.4 Å². The molecule has 0 bridgehead atoms. The molecule has 0 saturated carbocycles. The number of rotatable bonds is 5. The van der Waals surface area contributed by atoms with Crippen LogP contribution in [0.1, 0.15) is 34.6 Å². The van der Waals surface area contributed by atoms with Crippen LogP contribution in [0.3, 0.4) is 0 Å². The first-order valence-corrected chi connectivity index (χ1v) is 11.8. The molecule has 0 aliphatic carbocycles. The molecule has 7 nitrogen and oxygen atoms in total. The summed E-state index contributed by atoms with van der Waals surface area (Å²) < 4.78 is 47.5. The largest absolute Gasteiger partial charge is 0.476 e. The molecule has 1 aromatic carbocycles. The molecule has 1 aliphatic heterocycles. The molecule has 0 saturated heterocycles. The van der Waals surface area contributed by atoms with Gasteiger partial charge < -0.3 is 14.7 Å². The summed E-state index contributed by atoms with van der Waals surface area (Å²) in [5.41, 5.74) is 0.157. The lowest BCUT2D eigenvalue weighted by atomic mass is 9.99. The highest BCUT2D eigenvalue weighted by atomic mass is 32.2. The topological polar surface area (TPSA) is 95.9 Å². The first-order chi connectivity index (χ1) is 13.3. The van der Waals surface area contributed by atoms with Crippen LogP contribution in [-0.4, -0.2) is 43.9 Å². The van der Waals surface area contributed by atoms with Gasteiger partial charge in [0.25, 0.3) is 0 Å². The Labute approximate surface area is 175 Å².